The second-order valence-corrected chi connectivity index (χ2v) is 5.75. The Bertz CT molecular complexity index is 1140. The van der Waals surface area contributed by atoms with Gasteiger partial charge in [-0.05, 0) is 48.9 Å². The molecule has 0 saturated heterocycles. The number of nitrogens with zero attached hydrogens (tertiary/aromatic N) is 4. The summed E-state index contributed by atoms with van der Waals surface area (Å²) in [4.78, 5) is 20.2. The minimum atomic E-state index is -1.03. The van der Waals surface area contributed by atoms with Crippen LogP contribution in [-0.2, 0) is 0 Å². The molecule has 26 heavy (non-hydrogen) atoms. The zero-order valence-corrected chi connectivity index (χ0v) is 13.7. The average Bonchev–Trinajstić information content (AvgIpc) is 3.06. The number of aromatic carboxylic acids is 1. The van der Waals surface area contributed by atoms with Crippen molar-refractivity contribution in [3.63, 3.8) is 0 Å². The summed E-state index contributed by atoms with van der Waals surface area (Å²) in [5.41, 5.74) is 3.20. The van der Waals surface area contributed by atoms with Crippen molar-refractivity contribution in [2.75, 3.05) is 0 Å². The molecule has 7 heteroatoms. The first kappa shape index (κ1) is 15.9. The van der Waals surface area contributed by atoms with Gasteiger partial charge in [-0.25, -0.2) is 18.9 Å². The molecule has 0 fully saturated rings. The van der Waals surface area contributed by atoms with E-state index in [4.69, 9.17) is 0 Å². The van der Waals surface area contributed by atoms with E-state index in [-0.39, 0.29) is 11.4 Å². The van der Waals surface area contributed by atoms with Crippen molar-refractivity contribution >= 4 is 17.0 Å². The zero-order valence-electron chi connectivity index (χ0n) is 13.7. The molecule has 0 bridgehead atoms. The van der Waals surface area contributed by atoms with E-state index >= 15 is 0 Å². The summed E-state index contributed by atoms with van der Waals surface area (Å²) in [6.07, 6.45) is 4.69. The Balaban J connectivity index is 1.98. The molecule has 0 amide bonds. The molecule has 1 N–H and O–H groups in total. The Kier molecular flexibility index (Phi) is 3.69. The smallest absolute Gasteiger partial charge is 0.336 e. The van der Waals surface area contributed by atoms with Gasteiger partial charge in [-0.3, -0.25) is 4.98 Å². The Morgan fingerprint density at radius 2 is 1.81 bits per heavy atom. The minimum absolute atomic E-state index is 0.166. The molecule has 128 valence electrons. The highest BCUT2D eigenvalue weighted by molar-refractivity contribution is 6.02. The van der Waals surface area contributed by atoms with Crippen LogP contribution in [0, 0.1) is 12.7 Å². The number of carboxylic acid groups (broad SMARTS) is 1. The predicted molar refractivity (Wildman–Crippen MR) is 93.8 cm³/mol. The van der Waals surface area contributed by atoms with Crippen LogP contribution in [0.15, 0.2) is 55.0 Å². The first-order valence-corrected chi connectivity index (χ1v) is 7.84. The van der Waals surface area contributed by atoms with E-state index in [9.17, 15) is 14.3 Å². The summed E-state index contributed by atoms with van der Waals surface area (Å²) in [6.45, 7) is 1.76. The molecular weight excluding hydrogens is 335 g/mol. The highest BCUT2D eigenvalue weighted by Crippen LogP contribution is 2.32. The van der Waals surface area contributed by atoms with E-state index in [2.05, 4.69) is 15.1 Å². The van der Waals surface area contributed by atoms with Crippen LogP contribution in [0.4, 0.5) is 4.39 Å². The van der Waals surface area contributed by atoms with Crippen LogP contribution in [-0.4, -0.2) is 30.8 Å². The van der Waals surface area contributed by atoms with Crippen LogP contribution in [0.1, 0.15) is 16.1 Å². The van der Waals surface area contributed by atoms with Gasteiger partial charge in [0.15, 0.2) is 5.65 Å². The molecule has 0 aliphatic heterocycles. The maximum Gasteiger partial charge on any atom is 0.336 e. The second-order valence-electron chi connectivity index (χ2n) is 5.75. The third-order valence-electron chi connectivity index (χ3n) is 4.18. The Labute approximate surface area is 147 Å². The Morgan fingerprint density at radius 1 is 1.08 bits per heavy atom. The average molecular weight is 348 g/mol. The standard InChI is InChI=1S/C19H13FN4O2/c1-11-17(15(19(25)26)7-8-21-11)14-6-9-22-18-16(14)10-23-24(18)13-4-2-12(20)3-5-13/h2-10H,1H3,(H,25,26). The number of aryl methyl sites for hydroxylation is 1. The maximum absolute atomic E-state index is 13.2. The number of hydrogen-bond acceptors (Lipinski definition) is 4. The third-order valence-corrected chi connectivity index (χ3v) is 4.18. The van der Waals surface area contributed by atoms with Crippen LogP contribution in [0.25, 0.3) is 27.8 Å². The van der Waals surface area contributed by atoms with E-state index in [0.717, 1.165) is 0 Å². The highest BCUT2D eigenvalue weighted by atomic mass is 19.1. The lowest BCUT2D eigenvalue weighted by Gasteiger charge is -2.10. The first-order chi connectivity index (χ1) is 12.6. The van der Waals surface area contributed by atoms with Gasteiger partial charge in [-0.15, -0.1) is 0 Å². The van der Waals surface area contributed by atoms with Crippen LogP contribution in [0.3, 0.4) is 0 Å². The molecule has 0 spiro atoms. The molecule has 0 radical (unpaired) electrons. The number of pyridine rings is 2. The minimum Gasteiger partial charge on any atom is -0.478 e. The molecule has 4 aromatic rings. The number of hydrogen-bond donors (Lipinski definition) is 1. The summed E-state index contributed by atoms with van der Waals surface area (Å²) in [5, 5.41) is 14.6. The fourth-order valence-electron chi connectivity index (χ4n) is 3.00. The van der Waals surface area contributed by atoms with Crippen molar-refractivity contribution in [2.24, 2.45) is 0 Å². The molecule has 0 aliphatic carbocycles. The second kappa shape index (κ2) is 6.03. The van der Waals surface area contributed by atoms with Gasteiger partial charge in [0.1, 0.15) is 5.82 Å². The number of rotatable bonds is 3. The number of halogens is 1. The third kappa shape index (κ3) is 2.50. The summed E-state index contributed by atoms with van der Waals surface area (Å²) in [5.74, 6) is -1.36. The van der Waals surface area contributed by atoms with Gasteiger partial charge in [0.2, 0.25) is 0 Å². The van der Waals surface area contributed by atoms with E-state index in [1.165, 1.54) is 24.4 Å². The number of carboxylic acids is 1. The van der Waals surface area contributed by atoms with Crippen LogP contribution >= 0.6 is 0 Å². The largest absolute Gasteiger partial charge is 0.478 e. The van der Waals surface area contributed by atoms with Crippen molar-refractivity contribution in [3.8, 4) is 16.8 Å². The molecule has 3 heterocycles. The van der Waals surface area contributed by atoms with Crippen LogP contribution < -0.4 is 0 Å². The number of aromatic nitrogens is 4. The topological polar surface area (TPSA) is 80.9 Å². The fraction of sp³-hybridized carbons (Fsp3) is 0.0526. The Hall–Kier alpha value is -3.61. The Morgan fingerprint density at radius 3 is 2.54 bits per heavy atom. The molecule has 4 rings (SSSR count). The van der Waals surface area contributed by atoms with E-state index in [1.54, 1.807) is 42.2 Å². The lowest BCUT2D eigenvalue weighted by atomic mass is 9.97. The molecule has 0 unspecified atom stereocenters. The quantitative estimate of drug-likeness (QED) is 0.611. The van der Waals surface area contributed by atoms with Gasteiger partial charge in [0.05, 0.1) is 17.4 Å². The zero-order chi connectivity index (χ0) is 18.3. The van der Waals surface area contributed by atoms with Crippen molar-refractivity contribution in [1.29, 1.82) is 0 Å². The number of fused-ring (bicyclic) bond motifs is 1. The first-order valence-electron chi connectivity index (χ1n) is 7.84. The summed E-state index contributed by atoms with van der Waals surface area (Å²) in [7, 11) is 0. The van der Waals surface area contributed by atoms with Crippen molar-refractivity contribution in [3.05, 3.63) is 72.1 Å². The highest BCUT2D eigenvalue weighted by Gasteiger charge is 2.19. The van der Waals surface area contributed by atoms with Gasteiger partial charge in [-0.1, -0.05) is 0 Å². The van der Waals surface area contributed by atoms with Crippen LogP contribution in [0.2, 0.25) is 0 Å². The van der Waals surface area contributed by atoms with Gasteiger partial charge in [-0.2, -0.15) is 5.10 Å². The summed E-state index contributed by atoms with van der Waals surface area (Å²) >= 11 is 0. The monoisotopic (exact) mass is 348 g/mol. The summed E-state index contributed by atoms with van der Waals surface area (Å²) in [6, 6.07) is 9.13. The van der Waals surface area contributed by atoms with Crippen molar-refractivity contribution in [1.82, 2.24) is 19.7 Å². The predicted octanol–water partition coefficient (Wildman–Crippen LogP) is 3.63. The van der Waals surface area contributed by atoms with Gasteiger partial charge < -0.3 is 5.11 Å². The normalized spacial score (nSPS) is 11.0. The van der Waals surface area contributed by atoms with Gasteiger partial charge >= 0.3 is 5.97 Å². The number of benzene rings is 1. The molecule has 6 nitrogen and oxygen atoms in total. The number of carbonyl (C=O) groups is 1. The maximum atomic E-state index is 13.2. The lowest BCUT2D eigenvalue weighted by molar-refractivity contribution is 0.0697. The van der Waals surface area contributed by atoms with Gasteiger partial charge in [0.25, 0.3) is 0 Å². The van der Waals surface area contributed by atoms with E-state index in [1.807, 2.05) is 0 Å². The van der Waals surface area contributed by atoms with Crippen molar-refractivity contribution < 1.29 is 14.3 Å². The lowest BCUT2D eigenvalue weighted by Crippen LogP contribution is -2.03. The van der Waals surface area contributed by atoms with E-state index in [0.29, 0.717) is 33.5 Å². The summed E-state index contributed by atoms with van der Waals surface area (Å²) < 4.78 is 14.8. The molecule has 1 aromatic carbocycles. The molecule has 0 saturated carbocycles. The molecule has 0 aliphatic rings. The fourth-order valence-corrected chi connectivity index (χ4v) is 3.00. The van der Waals surface area contributed by atoms with E-state index < -0.39 is 5.97 Å². The van der Waals surface area contributed by atoms with Gasteiger partial charge in [0, 0.05) is 29.0 Å². The SMILES string of the molecule is Cc1nccc(C(=O)O)c1-c1ccnc2c1cnn2-c1ccc(F)cc1. The van der Waals surface area contributed by atoms with Crippen molar-refractivity contribution in [2.45, 2.75) is 6.92 Å². The molecular formula is C19H13FN4O2. The van der Waals surface area contributed by atoms with Crippen LogP contribution in [0.5, 0.6) is 0 Å². The molecule has 0 atom stereocenters. The molecule has 3 aromatic heterocycles.